The highest BCUT2D eigenvalue weighted by Gasteiger charge is 2.36. The van der Waals surface area contributed by atoms with Crippen LogP contribution in [0, 0.1) is 11.3 Å². The van der Waals surface area contributed by atoms with Crippen LogP contribution in [-0.2, 0) is 4.65 Å². The number of hydrogen-bond donors (Lipinski definition) is 1. The zero-order valence-electron chi connectivity index (χ0n) is 21.4. The first-order valence-electron chi connectivity index (χ1n) is 12.0. The van der Waals surface area contributed by atoms with Crippen molar-refractivity contribution in [1.82, 2.24) is 4.90 Å². The Morgan fingerprint density at radius 1 is 0.944 bits per heavy atom. The first kappa shape index (κ1) is 25.4. The van der Waals surface area contributed by atoms with Gasteiger partial charge in [-0.25, -0.2) is 9.98 Å². The second-order valence-electron chi connectivity index (χ2n) is 10.0. The third-order valence-corrected chi connectivity index (χ3v) is 6.74. The van der Waals surface area contributed by atoms with Crippen LogP contribution in [0.25, 0.3) is 0 Å². The highest BCUT2D eigenvalue weighted by Crippen LogP contribution is 2.28. The molecule has 1 heterocycles. The summed E-state index contributed by atoms with van der Waals surface area (Å²) >= 11 is 0. The van der Waals surface area contributed by atoms with Crippen molar-refractivity contribution in [3.8, 4) is 6.07 Å². The molecule has 1 aliphatic heterocycles. The van der Waals surface area contributed by atoms with Crippen LogP contribution in [0.5, 0.6) is 0 Å². The van der Waals surface area contributed by atoms with Crippen LogP contribution in [0.4, 0.5) is 0 Å². The van der Waals surface area contributed by atoms with Crippen LogP contribution in [0.2, 0.25) is 0 Å². The van der Waals surface area contributed by atoms with Gasteiger partial charge >= 0.3 is 7.48 Å². The number of nitriles is 1. The smallest absolute Gasteiger partial charge is 0.309 e. The number of hydrogen-bond acceptors (Lipinski definition) is 6. The van der Waals surface area contributed by atoms with Crippen molar-refractivity contribution in [3.63, 3.8) is 0 Å². The van der Waals surface area contributed by atoms with Crippen LogP contribution in [0.15, 0.2) is 88.8 Å². The molecule has 0 saturated heterocycles. The third kappa shape index (κ3) is 5.41. The number of amidine groups is 2. The second kappa shape index (κ2) is 10.1. The van der Waals surface area contributed by atoms with Gasteiger partial charge in [0.25, 0.3) is 0 Å². The normalized spacial score (nSPS) is 16.1. The lowest BCUT2D eigenvalue weighted by atomic mass is 9.81. The highest BCUT2D eigenvalue weighted by atomic mass is 16.5. The van der Waals surface area contributed by atoms with Gasteiger partial charge in [-0.05, 0) is 45.4 Å². The van der Waals surface area contributed by atoms with E-state index in [1.54, 1.807) is 13.8 Å². The molecule has 1 aliphatic rings. The fraction of sp³-hybridized carbons (Fsp3) is 0.276. The lowest BCUT2D eigenvalue weighted by Gasteiger charge is -2.37. The summed E-state index contributed by atoms with van der Waals surface area (Å²) in [5.74, 6) is 1.36. The molecule has 0 amide bonds. The molecule has 3 aromatic rings. The fourth-order valence-electron chi connectivity index (χ4n) is 3.85. The molecule has 0 bridgehead atoms. The molecule has 1 atom stereocenters. The molecule has 6 nitrogen and oxygen atoms in total. The molecule has 1 unspecified atom stereocenters. The van der Waals surface area contributed by atoms with Gasteiger partial charge in [0, 0.05) is 18.2 Å². The van der Waals surface area contributed by atoms with Crippen LogP contribution in [0.1, 0.15) is 56.1 Å². The van der Waals surface area contributed by atoms with E-state index in [4.69, 9.17) is 14.6 Å². The summed E-state index contributed by atoms with van der Waals surface area (Å²) in [5, 5.41) is 20.2. The predicted octanol–water partition coefficient (Wildman–Crippen LogP) is 3.94. The Morgan fingerprint density at radius 3 is 2.19 bits per heavy atom. The first-order chi connectivity index (χ1) is 17.1. The van der Waals surface area contributed by atoms with Crippen molar-refractivity contribution in [2.24, 2.45) is 9.98 Å². The van der Waals surface area contributed by atoms with Crippen molar-refractivity contribution in [3.05, 3.63) is 101 Å². The molecule has 0 spiro atoms. The van der Waals surface area contributed by atoms with Gasteiger partial charge in [-0.1, -0.05) is 72.2 Å². The molecule has 36 heavy (non-hydrogen) atoms. The molecule has 182 valence electrons. The quantitative estimate of drug-likeness (QED) is 0.522. The van der Waals surface area contributed by atoms with E-state index in [0.29, 0.717) is 11.4 Å². The molecule has 3 aromatic carbocycles. The van der Waals surface area contributed by atoms with E-state index in [0.717, 1.165) is 28.0 Å². The summed E-state index contributed by atoms with van der Waals surface area (Å²) in [5.41, 5.74) is 2.32. The minimum atomic E-state index is -1.03. The van der Waals surface area contributed by atoms with E-state index < -0.39 is 11.2 Å². The lowest BCUT2D eigenvalue weighted by molar-refractivity contribution is -0.0893. The van der Waals surface area contributed by atoms with Crippen molar-refractivity contribution in [2.45, 2.75) is 45.1 Å². The maximum atomic E-state index is 10.5. The maximum absolute atomic E-state index is 10.5. The van der Waals surface area contributed by atoms with Gasteiger partial charge in [0.2, 0.25) is 0 Å². The van der Waals surface area contributed by atoms with E-state index >= 15 is 0 Å². The first-order valence-corrected chi connectivity index (χ1v) is 12.0. The summed E-state index contributed by atoms with van der Waals surface area (Å²) in [6.07, 6.45) is -0.270. The monoisotopic (exact) mass is 478 g/mol. The minimum absolute atomic E-state index is 0.248. The van der Waals surface area contributed by atoms with E-state index in [1.165, 1.54) is 0 Å². The largest absolute Gasteiger partial charge is 0.427 e. The average Bonchev–Trinajstić information content (AvgIpc) is 2.88. The molecule has 0 radical (unpaired) electrons. The Balaban J connectivity index is 1.77. The minimum Gasteiger partial charge on any atom is -0.427 e. The summed E-state index contributed by atoms with van der Waals surface area (Å²) in [6, 6.07) is 27.9. The summed E-state index contributed by atoms with van der Waals surface area (Å²) in [4.78, 5) is 12.0. The van der Waals surface area contributed by atoms with Crippen LogP contribution in [0.3, 0.4) is 0 Å². The molecule has 0 saturated carbocycles. The zero-order chi connectivity index (χ0) is 25.9. The highest BCUT2D eigenvalue weighted by molar-refractivity contribution is 6.47. The third-order valence-electron chi connectivity index (χ3n) is 6.74. The van der Waals surface area contributed by atoms with E-state index in [9.17, 15) is 10.4 Å². The van der Waals surface area contributed by atoms with Crippen molar-refractivity contribution in [1.29, 1.82) is 5.26 Å². The standard InChI is InChI=1S/C29H31BN4O2/c1-28(2,35)29(3,4)36-30-24-17-20(19-31)16-23(18-24)27-33-25(21-12-8-6-9-13-21)32-26(34(27)5)22-14-10-7-11-15-22/h6-18,26,30,35H,1-5H3. The van der Waals surface area contributed by atoms with Gasteiger partial charge in [-0.2, -0.15) is 5.26 Å². The van der Waals surface area contributed by atoms with Crippen LogP contribution >= 0.6 is 0 Å². The van der Waals surface area contributed by atoms with Gasteiger partial charge in [-0.3, -0.25) is 0 Å². The molecule has 0 aliphatic carbocycles. The molecule has 7 heteroatoms. The Hall–Kier alpha value is -3.73. The van der Waals surface area contributed by atoms with Gasteiger partial charge < -0.3 is 14.7 Å². The molecule has 1 N–H and O–H groups in total. The number of benzene rings is 3. The van der Waals surface area contributed by atoms with Gasteiger partial charge in [0.1, 0.15) is 12.0 Å². The molecule has 0 fully saturated rings. The van der Waals surface area contributed by atoms with Crippen LogP contribution in [-0.4, -0.2) is 47.4 Å². The number of aliphatic hydroxyl groups is 1. The molecule has 4 rings (SSSR count). The number of aliphatic imine (C=N–C) groups is 2. The Labute approximate surface area is 213 Å². The van der Waals surface area contributed by atoms with Crippen LogP contribution < -0.4 is 5.46 Å². The van der Waals surface area contributed by atoms with Gasteiger partial charge in [-0.15, -0.1) is 0 Å². The van der Waals surface area contributed by atoms with Gasteiger partial charge in [0.15, 0.2) is 5.84 Å². The fourth-order valence-corrected chi connectivity index (χ4v) is 3.85. The van der Waals surface area contributed by atoms with E-state index in [2.05, 4.69) is 18.2 Å². The summed E-state index contributed by atoms with van der Waals surface area (Å²) < 4.78 is 6.09. The Bertz CT molecular complexity index is 1320. The Morgan fingerprint density at radius 2 is 1.58 bits per heavy atom. The maximum Gasteiger partial charge on any atom is 0.309 e. The second-order valence-corrected chi connectivity index (χ2v) is 10.0. The molecule has 0 aromatic heterocycles. The Kier molecular flexibility index (Phi) is 7.12. The number of nitrogens with zero attached hydrogens (tertiary/aromatic N) is 4. The summed E-state index contributed by atoms with van der Waals surface area (Å²) in [6.45, 7) is 7.16. The van der Waals surface area contributed by atoms with Crippen molar-refractivity contribution < 1.29 is 9.76 Å². The van der Waals surface area contributed by atoms with E-state index in [-0.39, 0.29) is 13.6 Å². The van der Waals surface area contributed by atoms with Crippen molar-refractivity contribution in [2.75, 3.05) is 7.05 Å². The average molecular weight is 478 g/mol. The lowest BCUT2D eigenvalue weighted by Crippen LogP contribution is -2.49. The number of rotatable bonds is 7. The van der Waals surface area contributed by atoms with Gasteiger partial charge in [0.05, 0.1) is 22.8 Å². The van der Waals surface area contributed by atoms with Crippen molar-refractivity contribution >= 4 is 24.6 Å². The molecular weight excluding hydrogens is 447 g/mol. The van der Waals surface area contributed by atoms with E-state index in [1.807, 2.05) is 92.5 Å². The topological polar surface area (TPSA) is 81.2 Å². The predicted molar refractivity (Wildman–Crippen MR) is 146 cm³/mol. The summed E-state index contributed by atoms with van der Waals surface area (Å²) in [7, 11) is 2.21. The zero-order valence-corrected chi connectivity index (χ0v) is 21.4. The SMILES string of the molecule is CN1C(c2cc(BOC(C)(C)C(C)(C)O)cc(C#N)c2)=NC(c2ccccc2)=NC1c1ccccc1. The molecular formula is C29H31BN4O2.